The van der Waals surface area contributed by atoms with Crippen LogP contribution in [0.15, 0.2) is 6.20 Å². The Balaban J connectivity index is 2.22. The Morgan fingerprint density at radius 2 is 2.37 bits per heavy atom. The molecule has 0 spiro atoms. The molecule has 19 heavy (non-hydrogen) atoms. The molecule has 1 aromatic heterocycles. The highest BCUT2D eigenvalue weighted by Gasteiger charge is 2.26. The molecule has 0 aromatic carbocycles. The number of aromatic nitrogens is 2. The smallest absolute Gasteiger partial charge is 0.339 e. The van der Waals surface area contributed by atoms with Crippen LogP contribution in [-0.2, 0) is 21.1 Å². The summed E-state index contributed by atoms with van der Waals surface area (Å²) in [7, 11) is -3.10. The van der Waals surface area contributed by atoms with Gasteiger partial charge in [-0.2, -0.15) is 5.10 Å². The van der Waals surface area contributed by atoms with Crippen molar-refractivity contribution >= 4 is 15.8 Å². The second-order valence-electron chi connectivity index (χ2n) is 4.69. The average Bonchev–Trinajstić information content (AvgIpc) is 2.94. The van der Waals surface area contributed by atoms with Crippen LogP contribution in [0.2, 0.25) is 0 Å². The maximum atomic E-state index is 11.2. The first-order valence-corrected chi connectivity index (χ1v) is 7.99. The molecule has 1 atom stereocenters. The summed E-state index contributed by atoms with van der Waals surface area (Å²) < 4.78 is 28.8. The van der Waals surface area contributed by atoms with E-state index in [2.05, 4.69) is 5.10 Å². The van der Waals surface area contributed by atoms with Gasteiger partial charge in [-0.05, 0) is 6.42 Å². The Morgan fingerprint density at radius 3 is 2.89 bits per heavy atom. The highest BCUT2D eigenvalue weighted by atomic mass is 32.2. The van der Waals surface area contributed by atoms with Crippen LogP contribution in [0.1, 0.15) is 28.4 Å². The van der Waals surface area contributed by atoms with Crippen LogP contribution < -0.4 is 0 Å². The summed E-state index contributed by atoms with van der Waals surface area (Å²) in [6.07, 6.45) is 3.27. The topological polar surface area (TPSA) is 98.5 Å². The lowest BCUT2D eigenvalue weighted by Crippen LogP contribution is -2.12. The molecule has 1 N–H and O–H groups in total. The van der Waals surface area contributed by atoms with Crippen LogP contribution in [0.25, 0.3) is 0 Å². The molecule has 106 valence electrons. The molecular formula is C11H16N2O5S. The van der Waals surface area contributed by atoms with Crippen LogP contribution >= 0.6 is 0 Å². The summed E-state index contributed by atoms with van der Waals surface area (Å²) in [6, 6.07) is 0. The molecule has 0 radical (unpaired) electrons. The van der Waals surface area contributed by atoms with E-state index in [0.29, 0.717) is 18.9 Å². The predicted molar refractivity (Wildman–Crippen MR) is 67.1 cm³/mol. The van der Waals surface area contributed by atoms with Gasteiger partial charge in [-0.1, -0.05) is 0 Å². The first-order valence-electron chi connectivity index (χ1n) is 5.93. The lowest BCUT2D eigenvalue weighted by atomic mass is 10.0. The molecule has 2 heterocycles. The van der Waals surface area contributed by atoms with Gasteiger partial charge in [-0.15, -0.1) is 0 Å². The van der Waals surface area contributed by atoms with E-state index >= 15 is 0 Å². The number of carbonyl (C=O) groups is 1. The van der Waals surface area contributed by atoms with E-state index in [1.165, 1.54) is 10.9 Å². The minimum Gasteiger partial charge on any atom is -0.478 e. The first-order chi connectivity index (χ1) is 8.87. The van der Waals surface area contributed by atoms with Crippen LogP contribution in [0.3, 0.4) is 0 Å². The third-order valence-corrected chi connectivity index (χ3v) is 3.95. The number of hydrogen-bond acceptors (Lipinski definition) is 5. The van der Waals surface area contributed by atoms with E-state index < -0.39 is 15.8 Å². The Bertz CT molecular complexity index is 572. The summed E-state index contributed by atoms with van der Waals surface area (Å²) in [4.78, 5) is 11.2. The summed E-state index contributed by atoms with van der Waals surface area (Å²) in [5, 5.41) is 13.4. The van der Waals surface area contributed by atoms with Gasteiger partial charge >= 0.3 is 5.97 Å². The maximum Gasteiger partial charge on any atom is 0.339 e. The lowest BCUT2D eigenvalue weighted by molar-refractivity contribution is 0.0695. The van der Waals surface area contributed by atoms with E-state index in [1.807, 2.05) is 0 Å². The van der Waals surface area contributed by atoms with Gasteiger partial charge in [0.05, 0.1) is 24.6 Å². The van der Waals surface area contributed by atoms with E-state index in [4.69, 9.17) is 9.84 Å². The molecule has 1 fully saturated rings. The SMILES string of the molecule is CS(=O)(=O)CCn1cc(C(=O)O)c(C2CCOC2)n1. The van der Waals surface area contributed by atoms with Crippen molar-refractivity contribution in [3.63, 3.8) is 0 Å². The van der Waals surface area contributed by atoms with Gasteiger partial charge in [0.15, 0.2) is 0 Å². The molecule has 7 nitrogen and oxygen atoms in total. The number of sulfone groups is 1. The van der Waals surface area contributed by atoms with Gasteiger partial charge in [0.25, 0.3) is 0 Å². The minimum atomic E-state index is -3.10. The van der Waals surface area contributed by atoms with Crippen molar-refractivity contribution in [3.05, 3.63) is 17.5 Å². The number of rotatable bonds is 5. The highest BCUT2D eigenvalue weighted by Crippen LogP contribution is 2.26. The van der Waals surface area contributed by atoms with Crippen LogP contribution in [0.4, 0.5) is 0 Å². The van der Waals surface area contributed by atoms with Crippen molar-refractivity contribution in [3.8, 4) is 0 Å². The number of aryl methyl sites for hydroxylation is 1. The monoisotopic (exact) mass is 288 g/mol. The molecule has 1 saturated heterocycles. The van der Waals surface area contributed by atoms with E-state index in [1.54, 1.807) is 0 Å². The largest absolute Gasteiger partial charge is 0.478 e. The van der Waals surface area contributed by atoms with E-state index in [9.17, 15) is 13.2 Å². The number of carboxylic acid groups (broad SMARTS) is 1. The Kier molecular flexibility index (Phi) is 3.91. The van der Waals surface area contributed by atoms with Crippen molar-refractivity contribution in [2.45, 2.75) is 18.9 Å². The molecule has 2 rings (SSSR count). The van der Waals surface area contributed by atoms with Gasteiger partial charge in [-0.25, -0.2) is 13.2 Å². The van der Waals surface area contributed by atoms with Crippen molar-refractivity contribution in [1.82, 2.24) is 9.78 Å². The van der Waals surface area contributed by atoms with Crippen molar-refractivity contribution in [1.29, 1.82) is 0 Å². The summed E-state index contributed by atoms with van der Waals surface area (Å²) in [5.41, 5.74) is 0.613. The number of nitrogens with zero attached hydrogens (tertiary/aromatic N) is 2. The highest BCUT2D eigenvalue weighted by molar-refractivity contribution is 7.90. The van der Waals surface area contributed by atoms with E-state index in [-0.39, 0.29) is 23.8 Å². The second-order valence-corrected chi connectivity index (χ2v) is 6.95. The third kappa shape index (κ3) is 3.54. The summed E-state index contributed by atoms with van der Waals surface area (Å²) in [6.45, 7) is 1.22. The molecule has 0 aliphatic carbocycles. The van der Waals surface area contributed by atoms with E-state index in [0.717, 1.165) is 12.7 Å². The zero-order valence-electron chi connectivity index (χ0n) is 10.6. The van der Waals surface area contributed by atoms with Gasteiger partial charge in [0, 0.05) is 25.0 Å². The van der Waals surface area contributed by atoms with Gasteiger partial charge < -0.3 is 9.84 Å². The first kappa shape index (κ1) is 14.0. The lowest BCUT2D eigenvalue weighted by Gasteiger charge is -2.04. The fraction of sp³-hybridized carbons (Fsp3) is 0.636. The molecule has 1 aromatic rings. The zero-order valence-corrected chi connectivity index (χ0v) is 11.4. The normalized spacial score (nSPS) is 19.7. The Hall–Kier alpha value is -1.41. The Morgan fingerprint density at radius 1 is 1.63 bits per heavy atom. The Labute approximate surface area is 111 Å². The number of carboxylic acids is 1. The standard InChI is InChI=1S/C11H16N2O5S/c1-19(16,17)5-3-13-6-9(11(14)15)10(12-13)8-2-4-18-7-8/h6,8H,2-5,7H2,1H3,(H,14,15). The van der Waals surface area contributed by atoms with Crippen LogP contribution in [0.5, 0.6) is 0 Å². The fourth-order valence-corrected chi connectivity index (χ4v) is 2.55. The van der Waals surface area contributed by atoms with Gasteiger partial charge in [0.2, 0.25) is 0 Å². The quantitative estimate of drug-likeness (QED) is 0.827. The second kappa shape index (κ2) is 5.30. The van der Waals surface area contributed by atoms with Gasteiger partial charge in [-0.3, -0.25) is 4.68 Å². The molecular weight excluding hydrogens is 272 g/mol. The average molecular weight is 288 g/mol. The molecule has 1 aliphatic heterocycles. The van der Waals surface area contributed by atoms with Crippen molar-refractivity contribution in [2.24, 2.45) is 0 Å². The predicted octanol–water partition coefficient (Wildman–Crippen LogP) is 0.130. The third-order valence-electron chi connectivity index (χ3n) is 3.03. The fourth-order valence-electron chi connectivity index (χ4n) is 2.03. The number of hydrogen-bond donors (Lipinski definition) is 1. The van der Waals surface area contributed by atoms with Crippen molar-refractivity contribution < 1.29 is 23.1 Å². The zero-order chi connectivity index (χ0) is 14.0. The summed E-state index contributed by atoms with van der Waals surface area (Å²) in [5.74, 6) is -1.13. The molecule has 8 heteroatoms. The van der Waals surface area contributed by atoms with Crippen LogP contribution in [-0.4, -0.2) is 54.5 Å². The molecule has 1 aliphatic rings. The number of aromatic carboxylic acids is 1. The van der Waals surface area contributed by atoms with Gasteiger partial charge in [0.1, 0.15) is 15.4 Å². The maximum absolute atomic E-state index is 11.2. The molecule has 1 unspecified atom stereocenters. The van der Waals surface area contributed by atoms with Crippen LogP contribution in [0, 0.1) is 0 Å². The molecule has 0 bridgehead atoms. The molecule has 0 saturated carbocycles. The summed E-state index contributed by atoms with van der Waals surface area (Å²) >= 11 is 0. The minimum absolute atomic E-state index is 0.0226. The number of ether oxygens (including phenoxy) is 1. The molecule has 0 amide bonds. The van der Waals surface area contributed by atoms with Crippen molar-refractivity contribution in [2.75, 3.05) is 25.2 Å².